The molecule has 0 fully saturated rings. The van der Waals surface area contributed by atoms with Crippen LogP contribution in [0.25, 0.3) is 0 Å². The first kappa shape index (κ1) is 20.5. The zero-order valence-corrected chi connectivity index (χ0v) is 15.6. The van der Waals surface area contributed by atoms with Gasteiger partial charge in [-0.05, 0) is 57.8 Å². The van der Waals surface area contributed by atoms with Crippen LogP contribution in [0.4, 0.5) is 0 Å². The van der Waals surface area contributed by atoms with Gasteiger partial charge in [0.15, 0.2) is 0 Å². The normalized spacial score (nSPS) is 12.5. The number of rotatable bonds is 9. The number of aliphatic hydroxyl groups is 1. The molecule has 0 radical (unpaired) electrons. The van der Waals surface area contributed by atoms with Gasteiger partial charge in [-0.2, -0.15) is 0 Å². The fourth-order valence-corrected chi connectivity index (χ4v) is 2.24. The molecule has 130 valence electrons. The summed E-state index contributed by atoms with van der Waals surface area (Å²) in [6, 6.07) is 5.39. The minimum Gasteiger partial charge on any atom is -0.423 e. The van der Waals surface area contributed by atoms with Crippen LogP contribution in [0.15, 0.2) is 18.2 Å². The Balaban J connectivity index is 2.92. The van der Waals surface area contributed by atoms with Crippen LogP contribution in [-0.2, 0) is 11.2 Å². The lowest BCUT2D eigenvalue weighted by Crippen LogP contribution is -2.53. The van der Waals surface area contributed by atoms with Crippen molar-refractivity contribution in [1.29, 1.82) is 0 Å². The Morgan fingerprint density at radius 1 is 1.26 bits per heavy atom. The van der Waals surface area contributed by atoms with Gasteiger partial charge in [0.2, 0.25) is 0 Å². The predicted molar refractivity (Wildman–Crippen MR) is 97.1 cm³/mol. The van der Waals surface area contributed by atoms with Gasteiger partial charge in [-0.3, -0.25) is 0 Å². The summed E-state index contributed by atoms with van der Waals surface area (Å²) in [5.74, 6) is 0. The first-order valence-corrected chi connectivity index (χ1v) is 8.54. The highest BCUT2D eigenvalue weighted by molar-refractivity contribution is 6.61. The molecule has 1 rings (SSSR count). The molecule has 0 spiro atoms. The van der Waals surface area contributed by atoms with E-state index in [0.29, 0.717) is 17.0 Å². The average molecular weight is 342 g/mol. The SMILES string of the molecule is CCCCNCc1c(Cl)cccc1B(O)OC(C)(C)C(C)(C)O. The van der Waals surface area contributed by atoms with Crippen molar-refractivity contribution in [3.05, 3.63) is 28.8 Å². The summed E-state index contributed by atoms with van der Waals surface area (Å²) in [5.41, 5.74) is -0.559. The van der Waals surface area contributed by atoms with Gasteiger partial charge in [-0.15, -0.1) is 0 Å². The second-order valence-corrected chi connectivity index (χ2v) is 7.28. The third-order valence-corrected chi connectivity index (χ3v) is 4.66. The van der Waals surface area contributed by atoms with Gasteiger partial charge in [0.25, 0.3) is 0 Å². The van der Waals surface area contributed by atoms with Crippen LogP contribution in [0, 0.1) is 0 Å². The van der Waals surface area contributed by atoms with Crippen molar-refractivity contribution in [3.8, 4) is 0 Å². The van der Waals surface area contributed by atoms with Crippen LogP contribution in [-0.4, -0.2) is 35.0 Å². The molecule has 0 amide bonds. The molecule has 1 aromatic carbocycles. The van der Waals surface area contributed by atoms with Crippen LogP contribution >= 0.6 is 11.6 Å². The highest BCUT2D eigenvalue weighted by Gasteiger charge is 2.40. The molecule has 0 bridgehead atoms. The van der Waals surface area contributed by atoms with Crippen molar-refractivity contribution in [2.75, 3.05) is 6.54 Å². The fourth-order valence-electron chi connectivity index (χ4n) is 2.00. The summed E-state index contributed by atoms with van der Waals surface area (Å²) in [6.45, 7) is 10.4. The summed E-state index contributed by atoms with van der Waals surface area (Å²) in [5, 5.41) is 24.6. The Hall–Kier alpha value is -0.585. The smallest absolute Gasteiger partial charge is 0.423 e. The largest absolute Gasteiger partial charge is 0.492 e. The van der Waals surface area contributed by atoms with Crippen molar-refractivity contribution in [1.82, 2.24) is 5.32 Å². The van der Waals surface area contributed by atoms with E-state index in [-0.39, 0.29) is 0 Å². The van der Waals surface area contributed by atoms with Gasteiger partial charge in [0, 0.05) is 11.6 Å². The first-order valence-electron chi connectivity index (χ1n) is 8.16. The summed E-state index contributed by atoms with van der Waals surface area (Å²) >= 11 is 6.29. The topological polar surface area (TPSA) is 61.7 Å². The summed E-state index contributed by atoms with van der Waals surface area (Å²) in [4.78, 5) is 0. The zero-order valence-electron chi connectivity index (χ0n) is 14.8. The van der Waals surface area contributed by atoms with E-state index < -0.39 is 18.3 Å². The Morgan fingerprint density at radius 2 is 1.91 bits per heavy atom. The number of hydrogen-bond acceptors (Lipinski definition) is 4. The zero-order chi connectivity index (χ0) is 17.7. The third kappa shape index (κ3) is 5.77. The number of hydrogen-bond donors (Lipinski definition) is 3. The van der Waals surface area contributed by atoms with Crippen LogP contribution in [0.5, 0.6) is 0 Å². The van der Waals surface area contributed by atoms with E-state index in [1.165, 1.54) is 0 Å². The molecule has 0 aliphatic heterocycles. The molecule has 0 aliphatic carbocycles. The molecule has 0 atom stereocenters. The van der Waals surface area contributed by atoms with E-state index in [2.05, 4.69) is 12.2 Å². The molecule has 0 unspecified atom stereocenters. The Kier molecular flexibility index (Phi) is 7.56. The van der Waals surface area contributed by atoms with Crippen molar-refractivity contribution >= 4 is 24.2 Å². The standard InChI is InChI=1S/C17H29BClNO3/c1-6-7-11-20-12-13-14(9-8-10-15(13)19)18(22)23-17(4,5)16(2,3)21/h8-10,20-22H,6-7,11-12H2,1-5H3. The predicted octanol–water partition coefficient (Wildman–Crippen LogP) is 2.48. The van der Waals surface area contributed by atoms with Crippen molar-refractivity contribution in [2.45, 2.75) is 65.2 Å². The molecule has 1 aromatic rings. The van der Waals surface area contributed by atoms with Crippen LogP contribution in [0.2, 0.25) is 5.02 Å². The average Bonchev–Trinajstić information content (AvgIpc) is 2.43. The lowest BCUT2D eigenvalue weighted by atomic mass is 9.74. The molecule has 0 aromatic heterocycles. The van der Waals surface area contributed by atoms with Gasteiger partial charge in [0.05, 0.1) is 11.2 Å². The van der Waals surface area contributed by atoms with Gasteiger partial charge < -0.3 is 20.1 Å². The maximum absolute atomic E-state index is 10.5. The van der Waals surface area contributed by atoms with Gasteiger partial charge >= 0.3 is 7.12 Å². The van der Waals surface area contributed by atoms with Crippen LogP contribution in [0.3, 0.4) is 0 Å². The Labute approximate surface area is 145 Å². The quantitative estimate of drug-likeness (QED) is 0.477. The van der Waals surface area contributed by atoms with Crippen molar-refractivity contribution < 1.29 is 14.8 Å². The molecular weight excluding hydrogens is 312 g/mol. The van der Waals surface area contributed by atoms with E-state index in [1.807, 2.05) is 0 Å². The number of unbranched alkanes of at least 4 members (excludes halogenated alkanes) is 1. The highest BCUT2D eigenvalue weighted by Crippen LogP contribution is 2.26. The van der Waals surface area contributed by atoms with E-state index in [0.717, 1.165) is 24.9 Å². The molecule has 0 heterocycles. The first-order chi connectivity index (χ1) is 10.6. The maximum Gasteiger partial charge on any atom is 0.492 e. The van der Waals surface area contributed by atoms with Crippen LogP contribution < -0.4 is 10.8 Å². The number of nitrogens with one attached hydrogen (secondary N) is 1. The molecule has 4 nitrogen and oxygen atoms in total. The summed E-state index contributed by atoms with van der Waals surface area (Å²) in [7, 11) is -1.15. The highest BCUT2D eigenvalue weighted by atomic mass is 35.5. The van der Waals surface area contributed by atoms with E-state index in [9.17, 15) is 10.1 Å². The molecule has 0 aliphatic rings. The second-order valence-electron chi connectivity index (χ2n) is 6.88. The molecule has 23 heavy (non-hydrogen) atoms. The van der Waals surface area contributed by atoms with Gasteiger partial charge in [0.1, 0.15) is 0 Å². The van der Waals surface area contributed by atoms with Crippen LogP contribution in [0.1, 0.15) is 53.0 Å². The number of halogens is 1. The van der Waals surface area contributed by atoms with Gasteiger partial charge in [-0.1, -0.05) is 37.1 Å². The lowest BCUT2D eigenvalue weighted by molar-refractivity contribution is -0.0982. The summed E-state index contributed by atoms with van der Waals surface area (Å²) < 4.78 is 5.73. The second kappa shape index (κ2) is 8.49. The minimum atomic E-state index is -1.15. The Bertz CT molecular complexity index is 503. The molecule has 0 saturated heterocycles. The molecule has 6 heteroatoms. The lowest BCUT2D eigenvalue weighted by Gasteiger charge is -2.38. The molecule has 0 saturated carbocycles. The minimum absolute atomic E-state index is 0.568. The van der Waals surface area contributed by atoms with E-state index in [4.69, 9.17) is 16.3 Å². The van der Waals surface area contributed by atoms with Gasteiger partial charge in [-0.25, -0.2) is 0 Å². The fraction of sp³-hybridized carbons (Fsp3) is 0.647. The summed E-state index contributed by atoms with van der Waals surface area (Å²) in [6.07, 6.45) is 2.21. The number of benzene rings is 1. The molecular formula is C17H29BClNO3. The Morgan fingerprint density at radius 3 is 2.48 bits per heavy atom. The van der Waals surface area contributed by atoms with E-state index in [1.54, 1.807) is 45.9 Å². The van der Waals surface area contributed by atoms with Crippen molar-refractivity contribution in [3.63, 3.8) is 0 Å². The monoisotopic (exact) mass is 341 g/mol. The van der Waals surface area contributed by atoms with E-state index >= 15 is 0 Å². The van der Waals surface area contributed by atoms with Crippen molar-refractivity contribution in [2.24, 2.45) is 0 Å². The maximum atomic E-state index is 10.5. The third-order valence-electron chi connectivity index (χ3n) is 4.31. The molecule has 3 N–H and O–H groups in total.